The van der Waals surface area contributed by atoms with Crippen molar-refractivity contribution in [1.82, 2.24) is 14.5 Å². The zero-order valence-electron chi connectivity index (χ0n) is 9.67. The van der Waals surface area contributed by atoms with E-state index in [1.165, 1.54) is 11.1 Å². The number of thiazole rings is 1. The number of hydrogen-bond acceptors (Lipinski definition) is 4. The van der Waals surface area contributed by atoms with Crippen LogP contribution in [0, 0.1) is 13.8 Å². The van der Waals surface area contributed by atoms with Gasteiger partial charge < -0.3 is 9.67 Å². The van der Waals surface area contributed by atoms with Gasteiger partial charge in [0.2, 0.25) is 0 Å². The molecule has 6 heteroatoms. The van der Waals surface area contributed by atoms with Crippen LogP contribution in [0.25, 0.3) is 0 Å². The number of carbonyl (C=O) groups is 1. The molecule has 0 saturated heterocycles. The summed E-state index contributed by atoms with van der Waals surface area (Å²) in [6.45, 7) is 4.40. The fourth-order valence-electron chi connectivity index (χ4n) is 1.70. The van der Waals surface area contributed by atoms with Crippen LogP contribution in [-0.2, 0) is 13.0 Å². The first-order valence-corrected chi connectivity index (χ1v) is 6.12. The molecule has 0 aliphatic carbocycles. The molecule has 0 aromatic carbocycles. The van der Waals surface area contributed by atoms with E-state index in [0.717, 1.165) is 17.9 Å². The van der Waals surface area contributed by atoms with E-state index in [4.69, 9.17) is 5.11 Å². The molecule has 2 rings (SSSR count). The molecule has 0 spiro atoms. The van der Waals surface area contributed by atoms with Crippen LogP contribution in [0.1, 0.15) is 26.9 Å². The molecule has 2 aromatic heterocycles. The monoisotopic (exact) mass is 251 g/mol. The molecule has 0 bridgehead atoms. The van der Waals surface area contributed by atoms with Crippen molar-refractivity contribution in [2.45, 2.75) is 26.8 Å². The van der Waals surface area contributed by atoms with Gasteiger partial charge in [-0.1, -0.05) is 0 Å². The third kappa shape index (κ3) is 2.36. The summed E-state index contributed by atoms with van der Waals surface area (Å²) in [5.74, 6) is -0.212. The second-order valence-corrected chi connectivity index (χ2v) is 4.70. The molecular formula is C11H13N3O2S. The van der Waals surface area contributed by atoms with Gasteiger partial charge in [-0.3, -0.25) is 0 Å². The van der Waals surface area contributed by atoms with E-state index < -0.39 is 5.97 Å². The number of aryl methyl sites for hydroxylation is 3. The fraction of sp³-hybridized carbons (Fsp3) is 0.364. The van der Waals surface area contributed by atoms with Crippen LogP contribution < -0.4 is 0 Å². The first-order valence-electron chi connectivity index (χ1n) is 5.24. The number of hydrogen-bond donors (Lipinski definition) is 1. The molecule has 1 N–H and O–H groups in total. The Morgan fingerprint density at radius 2 is 2.24 bits per heavy atom. The molecule has 0 aliphatic rings. The largest absolute Gasteiger partial charge is 0.477 e. The van der Waals surface area contributed by atoms with Gasteiger partial charge in [0.15, 0.2) is 0 Å². The second-order valence-electron chi connectivity index (χ2n) is 3.76. The predicted molar refractivity (Wildman–Crippen MR) is 64.5 cm³/mol. The van der Waals surface area contributed by atoms with Gasteiger partial charge in [-0.2, -0.15) is 0 Å². The molecule has 17 heavy (non-hydrogen) atoms. The molecule has 0 fully saturated rings. The van der Waals surface area contributed by atoms with Crippen LogP contribution in [0.4, 0.5) is 0 Å². The summed E-state index contributed by atoms with van der Waals surface area (Å²) in [5, 5.41) is 9.02. The Morgan fingerprint density at radius 1 is 1.47 bits per heavy atom. The van der Waals surface area contributed by atoms with E-state index in [9.17, 15) is 4.79 Å². The molecule has 0 atom stereocenters. The summed E-state index contributed by atoms with van der Waals surface area (Å²) in [6.07, 6.45) is 2.19. The number of carboxylic acid groups (broad SMARTS) is 1. The van der Waals surface area contributed by atoms with E-state index in [1.54, 1.807) is 15.9 Å². The number of imidazole rings is 1. The number of nitrogens with zero attached hydrogens (tertiary/aromatic N) is 3. The molecule has 5 nitrogen and oxygen atoms in total. The topological polar surface area (TPSA) is 68.0 Å². The van der Waals surface area contributed by atoms with Crippen molar-refractivity contribution in [3.8, 4) is 0 Å². The Morgan fingerprint density at radius 3 is 2.82 bits per heavy atom. The van der Waals surface area contributed by atoms with Crippen LogP contribution in [0.5, 0.6) is 0 Å². The highest BCUT2D eigenvalue weighted by Crippen LogP contribution is 2.15. The number of carboxylic acids is 1. The third-order valence-corrected chi connectivity index (χ3v) is 3.68. The van der Waals surface area contributed by atoms with Gasteiger partial charge in [0, 0.05) is 17.8 Å². The maximum Gasteiger partial charge on any atom is 0.354 e. The third-order valence-electron chi connectivity index (χ3n) is 2.68. The van der Waals surface area contributed by atoms with E-state index >= 15 is 0 Å². The van der Waals surface area contributed by atoms with Gasteiger partial charge in [0.1, 0.15) is 11.5 Å². The maximum absolute atomic E-state index is 11.0. The van der Waals surface area contributed by atoms with Crippen molar-refractivity contribution in [3.05, 3.63) is 33.8 Å². The Bertz CT molecular complexity index is 545. The Balaban J connectivity index is 2.16. The molecule has 0 saturated carbocycles. The van der Waals surface area contributed by atoms with Crippen LogP contribution in [0.3, 0.4) is 0 Å². The zero-order valence-corrected chi connectivity index (χ0v) is 10.5. The van der Waals surface area contributed by atoms with E-state index in [1.807, 2.05) is 19.4 Å². The lowest BCUT2D eigenvalue weighted by molar-refractivity contribution is 0.0684. The summed E-state index contributed by atoms with van der Waals surface area (Å²) in [5.41, 5.74) is 3.07. The molecule has 90 valence electrons. The molecule has 0 amide bonds. The highest BCUT2D eigenvalue weighted by Gasteiger charge is 2.13. The Hall–Kier alpha value is -1.69. The molecule has 0 unspecified atom stereocenters. The number of aromatic nitrogens is 3. The van der Waals surface area contributed by atoms with E-state index in [0.29, 0.717) is 6.54 Å². The minimum absolute atomic E-state index is 0.240. The Kier molecular flexibility index (Phi) is 3.23. The Labute approximate surface area is 103 Å². The smallest absolute Gasteiger partial charge is 0.354 e. The van der Waals surface area contributed by atoms with Crippen molar-refractivity contribution in [3.63, 3.8) is 0 Å². The molecule has 0 aliphatic heterocycles. The maximum atomic E-state index is 11.0. The van der Waals surface area contributed by atoms with Gasteiger partial charge in [0.05, 0.1) is 17.4 Å². The van der Waals surface area contributed by atoms with Crippen molar-refractivity contribution >= 4 is 17.3 Å². The molecule has 2 aromatic rings. The minimum Gasteiger partial charge on any atom is -0.477 e. The summed E-state index contributed by atoms with van der Waals surface area (Å²) >= 11 is 1.60. The van der Waals surface area contributed by atoms with E-state index in [-0.39, 0.29) is 5.69 Å². The summed E-state index contributed by atoms with van der Waals surface area (Å²) < 4.78 is 1.72. The first-order chi connectivity index (χ1) is 8.09. The zero-order chi connectivity index (χ0) is 12.4. The van der Waals surface area contributed by atoms with Gasteiger partial charge in [-0.25, -0.2) is 14.8 Å². The minimum atomic E-state index is -0.938. The van der Waals surface area contributed by atoms with Crippen LogP contribution >= 0.6 is 11.3 Å². The standard InChI is InChI=1S/C11H13N3O2S/c1-7-10(17-6-13-7)3-4-14-8(2)12-5-9(14)11(15)16/h5-6H,3-4H2,1-2H3,(H,15,16). The molecule has 2 heterocycles. The van der Waals surface area contributed by atoms with Crippen molar-refractivity contribution in [2.75, 3.05) is 0 Å². The number of aromatic carboxylic acids is 1. The van der Waals surface area contributed by atoms with Crippen LogP contribution in [0.2, 0.25) is 0 Å². The highest BCUT2D eigenvalue weighted by atomic mass is 32.1. The number of rotatable bonds is 4. The van der Waals surface area contributed by atoms with Gasteiger partial charge in [-0.05, 0) is 13.8 Å². The van der Waals surface area contributed by atoms with Crippen LogP contribution in [-0.4, -0.2) is 25.6 Å². The first kappa shape index (κ1) is 11.8. The summed E-state index contributed by atoms with van der Waals surface area (Å²) in [4.78, 5) is 20.4. The van der Waals surface area contributed by atoms with Gasteiger partial charge in [-0.15, -0.1) is 11.3 Å². The lowest BCUT2D eigenvalue weighted by Crippen LogP contribution is -2.11. The lowest BCUT2D eigenvalue weighted by atomic mass is 10.3. The van der Waals surface area contributed by atoms with Crippen molar-refractivity contribution < 1.29 is 9.90 Å². The molecular weight excluding hydrogens is 238 g/mol. The van der Waals surface area contributed by atoms with Crippen molar-refractivity contribution in [1.29, 1.82) is 0 Å². The fourth-order valence-corrected chi connectivity index (χ4v) is 2.47. The van der Waals surface area contributed by atoms with Crippen LogP contribution in [0.15, 0.2) is 11.7 Å². The average Bonchev–Trinajstić information content (AvgIpc) is 2.82. The normalized spacial score (nSPS) is 10.7. The molecule has 0 radical (unpaired) electrons. The predicted octanol–water partition coefficient (Wildman–Crippen LogP) is 1.90. The van der Waals surface area contributed by atoms with Crippen molar-refractivity contribution in [2.24, 2.45) is 0 Å². The SMILES string of the molecule is Cc1ncsc1CCn1c(C(=O)O)cnc1C. The quantitative estimate of drug-likeness (QED) is 0.901. The van der Waals surface area contributed by atoms with E-state index in [2.05, 4.69) is 9.97 Å². The highest BCUT2D eigenvalue weighted by molar-refractivity contribution is 7.09. The van der Waals surface area contributed by atoms with Gasteiger partial charge >= 0.3 is 5.97 Å². The summed E-state index contributed by atoms with van der Waals surface area (Å²) in [6, 6.07) is 0. The summed E-state index contributed by atoms with van der Waals surface area (Å²) in [7, 11) is 0. The van der Waals surface area contributed by atoms with Gasteiger partial charge in [0.25, 0.3) is 0 Å². The average molecular weight is 251 g/mol. The second kappa shape index (κ2) is 4.67. The lowest BCUT2D eigenvalue weighted by Gasteiger charge is -2.06.